The van der Waals surface area contributed by atoms with E-state index in [2.05, 4.69) is 10.3 Å². The van der Waals surface area contributed by atoms with Gasteiger partial charge in [0.1, 0.15) is 17.1 Å². The first-order chi connectivity index (χ1) is 17.1. The van der Waals surface area contributed by atoms with Crippen molar-refractivity contribution < 1.29 is 24.2 Å². The third-order valence-corrected chi connectivity index (χ3v) is 5.42. The van der Waals surface area contributed by atoms with Gasteiger partial charge in [0.05, 0.1) is 0 Å². The van der Waals surface area contributed by atoms with Crippen LogP contribution in [0.4, 0.5) is 4.79 Å². The Morgan fingerprint density at radius 2 is 1.25 bits per heavy atom. The Morgan fingerprint density at radius 1 is 0.833 bits per heavy atom. The zero-order chi connectivity index (χ0) is 26.2. The highest BCUT2D eigenvalue weighted by Crippen LogP contribution is 2.37. The molecule has 7 nitrogen and oxygen atoms in total. The number of carbonyl (C=O) groups is 3. The van der Waals surface area contributed by atoms with Crippen LogP contribution in [-0.2, 0) is 19.9 Å². The van der Waals surface area contributed by atoms with Crippen molar-refractivity contribution in [2.75, 3.05) is 0 Å². The molecule has 0 spiro atoms. The van der Waals surface area contributed by atoms with E-state index in [4.69, 9.17) is 4.74 Å². The number of nitrogens with one attached hydrogen (secondary N) is 1. The summed E-state index contributed by atoms with van der Waals surface area (Å²) in [5, 5.41) is 12.8. The van der Waals surface area contributed by atoms with Crippen molar-refractivity contribution in [1.82, 2.24) is 5.32 Å². The second-order valence-electron chi connectivity index (χ2n) is 9.30. The molecule has 0 saturated heterocycles. The molecule has 0 radical (unpaired) electrons. The van der Waals surface area contributed by atoms with Crippen LogP contribution in [0, 0.1) is 5.92 Å². The van der Waals surface area contributed by atoms with Gasteiger partial charge in [-0.05, 0) is 37.5 Å². The first kappa shape index (κ1) is 26.3. The Balaban J connectivity index is 1.99. The van der Waals surface area contributed by atoms with E-state index in [0.717, 1.165) is 22.9 Å². The summed E-state index contributed by atoms with van der Waals surface area (Å²) in [6, 6.07) is 28.5. The lowest BCUT2D eigenvalue weighted by molar-refractivity contribution is -0.141. The third-order valence-electron chi connectivity index (χ3n) is 5.42. The van der Waals surface area contributed by atoms with E-state index in [1.54, 1.807) is 20.8 Å². The van der Waals surface area contributed by atoms with Gasteiger partial charge in [0.25, 0.3) is 0 Å². The second-order valence-corrected chi connectivity index (χ2v) is 9.30. The molecular weight excluding hydrogens is 456 g/mol. The molecule has 1 unspecified atom stereocenters. The summed E-state index contributed by atoms with van der Waals surface area (Å²) in [4.78, 5) is 40.8. The topological polar surface area (TPSA) is 105 Å². The molecule has 0 bridgehead atoms. The van der Waals surface area contributed by atoms with Gasteiger partial charge >= 0.3 is 12.1 Å². The first-order valence-corrected chi connectivity index (χ1v) is 11.6. The number of hydrogen-bond donors (Lipinski definition) is 2. The van der Waals surface area contributed by atoms with Crippen LogP contribution < -0.4 is 5.32 Å². The zero-order valence-electron chi connectivity index (χ0n) is 20.5. The molecule has 0 aliphatic rings. The van der Waals surface area contributed by atoms with Crippen molar-refractivity contribution in [3.05, 3.63) is 108 Å². The largest absolute Gasteiger partial charge is 0.481 e. The number of aliphatic imine (C=N–C) groups is 1. The standard InChI is InChI=1S/C29H30N2O5/c1-28(2,3)36-27(35)30-20-21(26(33)34)19-25(32)31-29(22-13-7-4-8-14-22,23-15-9-5-10-16-23)24-17-11-6-12-18-24/h4-18,20-21H,19H2,1-3H3,(H,31,32)(H,33,34). The van der Waals surface area contributed by atoms with Crippen molar-refractivity contribution in [3.63, 3.8) is 0 Å². The molecule has 186 valence electrons. The van der Waals surface area contributed by atoms with E-state index < -0.39 is 41.4 Å². The molecular formula is C29H30N2O5. The van der Waals surface area contributed by atoms with Crippen molar-refractivity contribution in [3.8, 4) is 0 Å². The minimum atomic E-state index is -1.32. The number of rotatable bonds is 8. The summed E-state index contributed by atoms with van der Waals surface area (Å²) in [7, 11) is 0. The number of carbonyl (C=O) groups excluding carboxylic acids is 2. The maximum atomic E-state index is 13.4. The fraction of sp³-hybridized carbons (Fsp3) is 0.241. The first-order valence-electron chi connectivity index (χ1n) is 11.6. The van der Waals surface area contributed by atoms with Crippen molar-refractivity contribution in [1.29, 1.82) is 0 Å². The predicted octanol–water partition coefficient (Wildman–Crippen LogP) is 5.19. The molecule has 1 atom stereocenters. The summed E-state index contributed by atoms with van der Waals surface area (Å²) in [6.45, 7) is 5.04. The lowest BCUT2D eigenvalue weighted by Crippen LogP contribution is -2.48. The molecule has 0 heterocycles. The molecule has 2 N–H and O–H groups in total. The molecule has 0 aromatic heterocycles. The average molecular weight is 487 g/mol. The summed E-state index contributed by atoms with van der Waals surface area (Å²) < 4.78 is 5.10. The fourth-order valence-electron chi connectivity index (χ4n) is 3.88. The van der Waals surface area contributed by atoms with Gasteiger partial charge in [-0.15, -0.1) is 0 Å². The Bertz CT molecular complexity index is 1110. The number of amides is 2. The van der Waals surface area contributed by atoms with E-state index in [-0.39, 0.29) is 0 Å². The summed E-state index contributed by atoms with van der Waals surface area (Å²) in [5.41, 5.74) is 0.581. The zero-order valence-corrected chi connectivity index (χ0v) is 20.5. The minimum absolute atomic E-state index is 0.421. The number of benzene rings is 3. The Hall–Kier alpha value is -4.26. The molecule has 3 rings (SSSR count). The van der Waals surface area contributed by atoms with Gasteiger partial charge in [-0.2, -0.15) is 4.99 Å². The SMILES string of the molecule is CC(C)(C)OC(=O)N=CC(CC(=O)NC(c1ccccc1)(c1ccccc1)c1ccccc1)C(=O)O. The smallest absolute Gasteiger partial charge is 0.433 e. The highest BCUT2D eigenvalue weighted by atomic mass is 16.6. The van der Waals surface area contributed by atoms with Crippen LogP contribution in [-0.4, -0.2) is 34.9 Å². The van der Waals surface area contributed by atoms with Crippen LogP contribution in [0.5, 0.6) is 0 Å². The van der Waals surface area contributed by atoms with Crippen LogP contribution in [0.1, 0.15) is 43.9 Å². The van der Waals surface area contributed by atoms with E-state index in [1.165, 1.54) is 0 Å². The number of aliphatic carboxylic acids is 1. The number of hydrogen-bond acceptors (Lipinski definition) is 4. The highest BCUT2D eigenvalue weighted by molar-refractivity contribution is 5.97. The predicted molar refractivity (Wildman–Crippen MR) is 138 cm³/mol. The van der Waals surface area contributed by atoms with Gasteiger partial charge in [0.15, 0.2) is 0 Å². The van der Waals surface area contributed by atoms with Gasteiger partial charge in [-0.1, -0.05) is 91.0 Å². The van der Waals surface area contributed by atoms with E-state index in [0.29, 0.717) is 0 Å². The Labute approximate surface area is 210 Å². The van der Waals surface area contributed by atoms with Crippen LogP contribution in [0.15, 0.2) is 96.0 Å². The quantitative estimate of drug-likeness (QED) is 0.337. The monoisotopic (exact) mass is 486 g/mol. The van der Waals surface area contributed by atoms with Crippen LogP contribution >= 0.6 is 0 Å². The van der Waals surface area contributed by atoms with E-state index in [9.17, 15) is 19.5 Å². The van der Waals surface area contributed by atoms with Crippen molar-refractivity contribution >= 4 is 24.2 Å². The van der Waals surface area contributed by atoms with Gasteiger partial charge in [-0.25, -0.2) is 4.79 Å². The van der Waals surface area contributed by atoms with E-state index in [1.807, 2.05) is 91.0 Å². The number of ether oxygens (including phenoxy) is 1. The minimum Gasteiger partial charge on any atom is -0.481 e. The maximum absolute atomic E-state index is 13.4. The molecule has 3 aromatic carbocycles. The molecule has 0 aliphatic carbocycles. The molecule has 7 heteroatoms. The number of carboxylic acid groups (broad SMARTS) is 1. The van der Waals surface area contributed by atoms with Crippen LogP contribution in [0.25, 0.3) is 0 Å². The van der Waals surface area contributed by atoms with Gasteiger partial charge in [0, 0.05) is 12.6 Å². The van der Waals surface area contributed by atoms with Crippen LogP contribution in [0.2, 0.25) is 0 Å². The van der Waals surface area contributed by atoms with Crippen molar-refractivity contribution in [2.45, 2.75) is 38.3 Å². The van der Waals surface area contributed by atoms with Gasteiger partial charge < -0.3 is 15.2 Å². The van der Waals surface area contributed by atoms with Crippen LogP contribution in [0.3, 0.4) is 0 Å². The Kier molecular flexibility index (Phi) is 8.38. The molecule has 0 saturated carbocycles. The van der Waals surface area contributed by atoms with Gasteiger partial charge in [-0.3, -0.25) is 9.59 Å². The number of nitrogens with zero attached hydrogens (tertiary/aromatic N) is 1. The second kappa shape index (κ2) is 11.4. The fourth-order valence-corrected chi connectivity index (χ4v) is 3.88. The Morgan fingerprint density at radius 3 is 1.61 bits per heavy atom. The van der Waals surface area contributed by atoms with Crippen molar-refractivity contribution in [2.24, 2.45) is 10.9 Å². The lowest BCUT2D eigenvalue weighted by Gasteiger charge is -2.37. The summed E-state index contributed by atoms with van der Waals surface area (Å²) >= 11 is 0. The average Bonchev–Trinajstić information content (AvgIpc) is 2.85. The summed E-state index contributed by atoms with van der Waals surface area (Å²) in [5.74, 6) is -3.12. The lowest BCUT2D eigenvalue weighted by atomic mass is 9.76. The molecule has 36 heavy (non-hydrogen) atoms. The van der Waals surface area contributed by atoms with Gasteiger partial charge in [0.2, 0.25) is 5.91 Å². The molecule has 3 aromatic rings. The molecule has 2 amide bonds. The number of carboxylic acids is 1. The summed E-state index contributed by atoms with van der Waals surface area (Å²) in [6.07, 6.45) is -0.387. The third kappa shape index (κ3) is 6.66. The molecule has 0 aliphatic heterocycles. The highest BCUT2D eigenvalue weighted by Gasteiger charge is 2.38. The normalized spacial score (nSPS) is 12.6. The molecule has 0 fully saturated rings. The maximum Gasteiger partial charge on any atom is 0.433 e. The van der Waals surface area contributed by atoms with E-state index >= 15 is 0 Å².